The highest BCUT2D eigenvalue weighted by Gasteiger charge is 2.21. The Bertz CT molecular complexity index is 142. The fourth-order valence-corrected chi connectivity index (χ4v) is 1.71. The zero-order chi connectivity index (χ0) is 8.10. The van der Waals surface area contributed by atoms with Crippen LogP contribution in [-0.2, 0) is 0 Å². The van der Waals surface area contributed by atoms with Crippen LogP contribution in [0.5, 0.6) is 0 Å². The molecule has 0 amide bonds. The molecule has 0 radical (unpaired) electrons. The molecule has 0 N–H and O–H groups in total. The summed E-state index contributed by atoms with van der Waals surface area (Å²) in [6.07, 6.45) is 5.25. The Hall–Kier alpha value is -0.580. The predicted octanol–water partition coefficient (Wildman–Crippen LogP) is 2.82. The first kappa shape index (κ1) is 8.52. The molecule has 0 aromatic rings. The van der Waals surface area contributed by atoms with Gasteiger partial charge in [-0.15, -0.1) is 0 Å². The molecular formula is C9H14FN. The van der Waals surface area contributed by atoms with Crippen LogP contribution in [-0.4, -0.2) is 6.17 Å². The summed E-state index contributed by atoms with van der Waals surface area (Å²) in [6.45, 7) is 0. The van der Waals surface area contributed by atoms with Gasteiger partial charge in [-0.25, -0.2) is 4.39 Å². The normalized spacial score (nSPS) is 23.6. The predicted molar refractivity (Wildman–Crippen MR) is 41.7 cm³/mol. The van der Waals surface area contributed by atoms with Crippen LogP contribution in [0.1, 0.15) is 38.5 Å². The fraction of sp³-hybridized carbons (Fsp3) is 0.889. The van der Waals surface area contributed by atoms with E-state index in [0.717, 1.165) is 25.7 Å². The van der Waals surface area contributed by atoms with E-state index in [1.54, 1.807) is 6.07 Å². The van der Waals surface area contributed by atoms with E-state index in [0.29, 0.717) is 0 Å². The number of nitrogens with zero attached hydrogens (tertiary/aromatic N) is 1. The molecule has 2 heteroatoms. The summed E-state index contributed by atoms with van der Waals surface area (Å²) < 4.78 is 12.8. The van der Waals surface area contributed by atoms with Crippen molar-refractivity contribution >= 4 is 0 Å². The average molecular weight is 155 g/mol. The summed E-state index contributed by atoms with van der Waals surface area (Å²) >= 11 is 0. The van der Waals surface area contributed by atoms with E-state index >= 15 is 0 Å². The largest absolute Gasteiger partial charge is 0.231 e. The Morgan fingerprint density at radius 3 is 2.18 bits per heavy atom. The van der Waals surface area contributed by atoms with Gasteiger partial charge in [0.25, 0.3) is 0 Å². The monoisotopic (exact) mass is 155 g/mol. The van der Waals surface area contributed by atoms with Gasteiger partial charge in [0.05, 0.1) is 0 Å². The summed E-state index contributed by atoms with van der Waals surface area (Å²) in [6, 6.07) is 1.70. The quantitative estimate of drug-likeness (QED) is 0.534. The minimum Gasteiger partial charge on any atom is -0.231 e. The highest BCUT2D eigenvalue weighted by molar-refractivity contribution is 4.89. The third-order valence-corrected chi connectivity index (χ3v) is 2.44. The number of halogens is 1. The maximum absolute atomic E-state index is 12.8. The molecule has 1 atom stereocenters. The zero-order valence-corrected chi connectivity index (χ0v) is 6.72. The molecule has 1 aliphatic carbocycles. The van der Waals surface area contributed by atoms with Crippen LogP contribution in [0.2, 0.25) is 0 Å². The first-order valence-corrected chi connectivity index (χ1v) is 4.38. The molecule has 11 heavy (non-hydrogen) atoms. The van der Waals surface area contributed by atoms with E-state index in [9.17, 15) is 4.39 Å². The molecule has 1 saturated carbocycles. The third kappa shape index (κ3) is 2.49. The van der Waals surface area contributed by atoms with E-state index in [1.807, 2.05) is 0 Å². The molecule has 0 heterocycles. The highest BCUT2D eigenvalue weighted by atomic mass is 19.1. The SMILES string of the molecule is N#CC(F)C1CCCCCC1. The van der Waals surface area contributed by atoms with Crippen LogP contribution in [0.4, 0.5) is 4.39 Å². The van der Waals surface area contributed by atoms with E-state index in [-0.39, 0.29) is 5.92 Å². The Labute approximate surface area is 67.2 Å². The topological polar surface area (TPSA) is 23.8 Å². The standard InChI is InChI=1S/C9H14FN/c10-9(7-11)8-5-3-1-2-4-6-8/h8-9H,1-6H2. The number of rotatable bonds is 1. The molecule has 62 valence electrons. The van der Waals surface area contributed by atoms with Crippen molar-refractivity contribution in [3.63, 3.8) is 0 Å². The zero-order valence-electron chi connectivity index (χ0n) is 6.72. The first-order valence-electron chi connectivity index (χ1n) is 4.38. The Morgan fingerprint density at radius 1 is 1.18 bits per heavy atom. The van der Waals surface area contributed by atoms with Gasteiger partial charge < -0.3 is 0 Å². The van der Waals surface area contributed by atoms with Gasteiger partial charge >= 0.3 is 0 Å². The van der Waals surface area contributed by atoms with Gasteiger partial charge in [0, 0.05) is 5.92 Å². The molecule has 0 saturated heterocycles. The Morgan fingerprint density at radius 2 is 1.73 bits per heavy atom. The number of nitriles is 1. The third-order valence-electron chi connectivity index (χ3n) is 2.44. The smallest absolute Gasteiger partial charge is 0.189 e. The molecule has 1 rings (SSSR count). The lowest BCUT2D eigenvalue weighted by Crippen LogP contribution is -2.12. The minimum atomic E-state index is -1.21. The molecule has 0 spiro atoms. The second kappa shape index (κ2) is 4.33. The van der Waals surface area contributed by atoms with E-state index in [2.05, 4.69) is 0 Å². The van der Waals surface area contributed by atoms with Crippen molar-refractivity contribution in [3.8, 4) is 6.07 Å². The van der Waals surface area contributed by atoms with Crippen molar-refractivity contribution < 1.29 is 4.39 Å². The summed E-state index contributed by atoms with van der Waals surface area (Å²) in [7, 11) is 0. The van der Waals surface area contributed by atoms with E-state index < -0.39 is 6.17 Å². The summed E-state index contributed by atoms with van der Waals surface area (Å²) in [4.78, 5) is 0. The minimum absolute atomic E-state index is 0.0301. The van der Waals surface area contributed by atoms with E-state index in [4.69, 9.17) is 5.26 Å². The summed E-state index contributed by atoms with van der Waals surface area (Å²) in [5, 5.41) is 8.35. The van der Waals surface area contributed by atoms with Crippen molar-refractivity contribution in [1.29, 1.82) is 5.26 Å². The molecular weight excluding hydrogens is 141 g/mol. The van der Waals surface area contributed by atoms with Gasteiger partial charge in [-0.1, -0.05) is 25.7 Å². The van der Waals surface area contributed by atoms with Crippen LogP contribution in [0, 0.1) is 17.2 Å². The summed E-state index contributed by atoms with van der Waals surface area (Å²) in [5.74, 6) is 0.0301. The molecule has 1 fully saturated rings. The van der Waals surface area contributed by atoms with Crippen molar-refractivity contribution in [1.82, 2.24) is 0 Å². The highest BCUT2D eigenvalue weighted by Crippen LogP contribution is 2.26. The maximum Gasteiger partial charge on any atom is 0.189 e. The van der Waals surface area contributed by atoms with Gasteiger partial charge in [-0.2, -0.15) is 5.26 Å². The molecule has 0 aromatic carbocycles. The van der Waals surface area contributed by atoms with Crippen LogP contribution in [0.15, 0.2) is 0 Å². The van der Waals surface area contributed by atoms with E-state index in [1.165, 1.54) is 12.8 Å². The first-order chi connectivity index (χ1) is 5.34. The Kier molecular flexibility index (Phi) is 3.35. The van der Waals surface area contributed by atoms with Crippen LogP contribution < -0.4 is 0 Å². The number of hydrogen-bond donors (Lipinski definition) is 0. The van der Waals surface area contributed by atoms with Gasteiger partial charge in [0.15, 0.2) is 6.17 Å². The molecule has 0 aliphatic heterocycles. The molecule has 1 aliphatic rings. The van der Waals surface area contributed by atoms with Gasteiger partial charge in [-0.3, -0.25) is 0 Å². The van der Waals surface area contributed by atoms with Crippen molar-refractivity contribution in [2.45, 2.75) is 44.7 Å². The lowest BCUT2D eigenvalue weighted by Gasteiger charge is -2.11. The number of alkyl halides is 1. The van der Waals surface area contributed by atoms with Crippen LogP contribution in [0.3, 0.4) is 0 Å². The Balaban J connectivity index is 2.37. The summed E-state index contributed by atoms with van der Waals surface area (Å²) in [5.41, 5.74) is 0. The average Bonchev–Trinajstić information content (AvgIpc) is 2.30. The van der Waals surface area contributed by atoms with Crippen LogP contribution >= 0.6 is 0 Å². The maximum atomic E-state index is 12.8. The molecule has 0 bridgehead atoms. The molecule has 1 nitrogen and oxygen atoms in total. The van der Waals surface area contributed by atoms with Crippen molar-refractivity contribution in [2.24, 2.45) is 5.92 Å². The van der Waals surface area contributed by atoms with Gasteiger partial charge in [0.1, 0.15) is 6.07 Å². The van der Waals surface area contributed by atoms with Crippen molar-refractivity contribution in [2.75, 3.05) is 0 Å². The van der Waals surface area contributed by atoms with Gasteiger partial charge in [-0.05, 0) is 12.8 Å². The lowest BCUT2D eigenvalue weighted by molar-refractivity contribution is 0.264. The second-order valence-corrected chi connectivity index (χ2v) is 3.28. The van der Waals surface area contributed by atoms with Crippen molar-refractivity contribution in [3.05, 3.63) is 0 Å². The fourth-order valence-electron chi connectivity index (χ4n) is 1.71. The lowest BCUT2D eigenvalue weighted by atomic mass is 9.96. The second-order valence-electron chi connectivity index (χ2n) is 3.28. The molecule has 0 aromatic heterocycles. The molecule has 1 unspecified atom stereocenters. The number of hydrogen-bond acceptors (Lipinski definition) is 1. The van der Waals surface area contributed by atoms with Crippen LogP contribution in [0.25, 0.3) is 0 Å². The van der Waals surface area contributed by atoms with Gasteiger partial charge in [0.2, 0.25) is 0 Å².